The molecule has 0 saturated carbocycles. The largest absolute Gasteiger partial charge is 0.355 e. The van der Waals surface area contributed by atoms with Gasteiger partial charge < -0.3 is 5.32 Å². The van der Waals surface area contributed by atoms with Crippen LogP contribution in [0.3, 0.4) is 0 Å². The van der Waals surface area contributed by atoms with Crippen molar-refractivity contribution in [2.24, 2.45) is 0 Å². The number of hydrogen-bond donors (Lipinski definition) is 1. The molecule has 1 N–H and O–H groups in total. The Morgan fingerprint density at radius 2 is 1.67 bits per heavy atom. The van der Waals surface area contributed by atoms with Crippen LogP contribution in [0.1, 0.15) is 36.5 Å². The first-order valence-electron chi connectivity index (χ1n) is 8.22. The third kappa shape index (κ3) is 6.36. The molecule has 0 atom stereocenters. The van der Waals surface area contributed by atoms with Gasteiger partial charge in [0, 0.05) is 12.3 Å². The Balaban J connectivity index is 1.63. The molecule has 4 heteroatoms. The van der Waals surface area contributed by atoms with E-state index in [0.29, 0.717) is 24.0 Å². The fourth-order valence-corrected chi connectivity index (χ4v) is 3.13. The van der Waals surface area contributed by atoms with Crippen molar-refractivity contribution in [3.63, 3.8) is 0 Å². The molecule has 0 saturated heterocycles. The van der Waals surface area contributed by atoms with E-state index in [2.05, 4.69) is 43.4 Å². The van der Waals surface area contributed by atoms with Crippen LogP contribution in [-0.2, 0) is 17.0 Å². The number of rotatable bonds is 8. The lowest BCUT2D eigenvalue weighted by Crippen LogP contribution is -2.27. The van der Waals surface area contributed by atoms with Crippen LogP contribution < -0.4 is 5.32 Å². The summed E-state index contributed by atoms with van der Waals surface area (Å²) in [7, 11) is 0. The fourth-order valence-electron chi connectivity index (χ4n) is 2.31. The normalized spacial score (nSPS) is 10.8. The summed E-state index contributed by atoms with van der Waals surface area (Å²) in [6, 6.07) is 15.0. The maximum atomic E-state index is 12.8. The molecule has 24 heavy (non-hydrogen) atoms. The Bertz CT molecular complexity index is 638. The number of carbonyl (C=O) groups excluding carboxylic acids is 1. The van der Waals surface area contributed by atoms with Crippen molar-refractivity contribution < 1.29 is 9.18 Å². The maximum absolute atomic E-state index is 12.8. The molecule has 2 aromatic carbocycles. The molecule has 2 rings (SSSR count). The molecule has 0 heterocycles. The minimum Gasteiger partial charge on any atom is -0.355 e. The standard InChI is InChI=1S/C20H24FNOS/c1-15(2)18-7-3-16(4-8-18)11-12-22-20(23)14-24-13-17-5-9-19(21)10-6-17/h3-10,15H,11-14H2,1-2H3,(H,22,23). The van der Waals surface area contributed by atoms with Gasteiger partial charge in [-0.25, -0.2) is 4.39 Å². The van der Waals surface area contributed by atoms with Crippen molar-refractivity contribution in [1.82, 2.24) is 5.32 Å². The van der Waals surface area contributed by atoms with Crippen LogP contribution >= 0.6 is 11.8 Å². The average Bonchev–Trinajstić information content (AvgIpc) is 2.57. The highest BCUT2D eigenvalue weighted by Crippen LogP contribution is 2.15. The molecule has 0 aliphatic rings. The average molecular weight is 345 g/mol. The number of benzene rings is 2. The second-order valence-corrected chi connectivity index (χ2v) is 7.10. The number of halogens is 1. The Labute approximate surface area is 147 Å². The molecule has 0 bridgehead atoms. The molecule has 0 aromatic heterocycles. The third-order valence-electron chi connectivity index (χ3n) is 3.80. The maximum Gasteiger partial charge on any atom is 0.230 e. The van der Waals surface area contributed by atoms with Gasteiger partial charge in [0.2, 0.25) is 5.91 Å². The van der Waals surface area contributed by atoms with Gasteiger partial charge in [0.15, 0.2) is 0 Å². The zero-order chi connectivity index (χ0) is 17.4. The molecule has 0 aliphatic heterocycles. The summed E-state index contributed by atoms with van der Waals surface area (Å²) in [6.45, 7) is 5.01. The van der Waals surface area contributed by atoms with Crippen molar-refractivity contribution in [2.75, 3.05) is 12.3 Å². The Morgan fingerprint density at radius 3 is 2.29 bits per heavy atom. The summed E-state index contributed by atoms with van der Waals surface area (Å²) in [4.78, 5) is 11.8. The fraction of sp³-hybridized carbons (Fsp3) is 0.350. The van der Waals surface area contributed by atoms with Crippen LogP contribution in [0.5, 0.6) is 0 Å². The molecular formula is C20H24FNOS. The van der Waals surface area contributed by atoms with E-state index in [1.165, 1.54) is 35.0 Å². The van der Waals surface area contributed by atoms with Gasteiger partial charge in [-0.15, -0.1) is 11.8 Å². The number of nitrogens with one attached hydrogen (secondary N) is 1. The predicted octanol–water partition coefficient (Wildman–Crippen LogP) is 4.54. The van der Waals surface area contributed by atoms with Crippen molar-refractivity contribution in [3.05, 3.63) is 71.0 Å². The first-order valence-corrected chi connectivity index (χ1v) is 9.38. The number of hydrogen-bond acceptors (Lipinski definition) is 2. The molecule has 0 unspecified atom stereocenters. The van der Waals surface area contributed by atoms with E-state index in [4.69, 9.17) is 0 Å². The van der Waals surface area contributed by atoms with Gasteiger partial charge in [-0.2, -0.15) is 0 Å². The molecule has 0 spiro atoms. The van der Waals surface area contributed by atoms with Crippen molar-refractivity contribution in [3.8, 4) is 0 Å². The van der Waals surface area contributed by atoms with Gasteiger partial charge in [-0.1, -0.05) is 50.2 Å². The van der Waals surface area contributed by atoms with E-state index in [-0.39, 0.29) is 11.7 Å². The van der Waals surface area contributed by atoms with Gasteiger partial charge >= 0.3 is 0 Å². The predicted molar refractivity (Wildman–Crippen MR) is 99.8 cm³/mol. The molecular weight excluding hydrogens is 321 g/mol. The van der Waals surface area contributed by atoms with E-state index >= 15 is 0 Å². The van der Waals surface area contributed by atoms with E-state index in [1.807, 2.05) is 0 Å². The molecule has 2 nitrogen and oxygen atoms in total. The third-order valence-corrected chi connectivity index (χ3v) is 4.80. The van der Waals surface area contributed by atoms with Crippen LogP contribution in [0, 0.1) is 5.82 Å². The van der Waals surface area contributed by atoms with Crippen molar-refractivity contribution >= 4 is 17.7 Å². The van der Waals surface area contributed by atoms with Crippen LogP contribution in [0.2, 0.25) is 0 Å². The summed E-state index contributed by atoms with van der Waals surface area (Å²) in [5.74, 6) is 1.48. The zero-order valence-electron chi connectivity index (χ0n) is 14.2. The molecule has 0 aliphatic carbocycles. The highest BCUT2D eigenvalue weighted by atomic mass is 32.2. The van der Waals surface area contributed by atoms with E-state index in [1.54, 1.807) is 12.1 Å². The summed E-state index contributed by atoms with van der Waals surface area (Å²) in [6.07, 6.45) is 0.840. The van der Waals surface area contributed by atoms with Gasteiger partial charge in [0.05, 0.1) is 5.75 Å². The number of carbonyl (C=O) groups is 1. The molecule has 0 fully saturated rings. The topological polar surface area (TPSA) is 29.1 Å². The lowest BCUT2D eigenvalue weighted by atomic mass is 10.0. The van der Waals surface area contributed by atoms with Crippen LogP contribution in [0.4, 0.5) is 4.39 Å². The first-order chi connectivity index (χ1) is 11.5. The highest BCUT2D eigenvalue weighted by molar-refractivity contribution is 7.99. The molecule has 2 aromatic rings. The second-order valence-electron chi connectivity index (χ2n) is 6.12. The molecule has 128 valence electrons. The van der Waals surface area contributed by atoms with Gasteiger partial charge in [-0.05, 0) is 41.2 Å². The van der Waals surface area contributed by atoms with Gasteiger partial charge in [0.25, 0.3) is 0 Å². The lowest BCUT2D eigenvalue weighted by Gasteiger charge is -2.08. The summed E-state index contributed by atoms with van der Waals surface area (Å²) in [5.41, 5.74) is 3.60. The quantitative estimate of drug-likeness (QED) is 0.761. The van der Waals surface area contributed by atoms with Gasteiger partial charge in [0.1, 0.15) is 5.82 Å². The summed E-state index contributed by atoms with van der Waals surface area (Å²) in [5, 5.41) is 2.94. The van der Waals surface area contributed by atoms with Crippen LogP contribution in [0.15, 0.2) is 48.5 Å². The number of thioether (sulfide) groups is 1. The van der Waals surface area contributed by atoms with Crippen LogP contribution in [0.25, 0.3) is 0 Å². The Morgan fingerprint density at radius 1 is 1.04 bits per heavy atom. The van der Waals surface area contributed by atoms with Crippen molar-refractivity contribution in [1.29, 1.82) is 0 Å². The molecule has 1 amide bonds. The van der Waals surface area contributed by atoms with Gasteiger partial charge in [-0.3, -0.25) is 4.79 Å². The number of amides is 1. The second kappa shape index (κ2) is 9.48. The Kier molecular flexibility index (Phi) is 7.32. The van der Waals surface area contributed by atoms with E-state index < -0.39 is 0 Å². The van der Waals surface area contributed by atoms with E-state index in [0.717, 1.165) is 12.0 Å². The first kappa shape index (κ1) is 18.5. The highest BCUT2D eigenvalue weighted by Gasteiger charge is 2.03. The summed E-state index contributed by atoms with van der Waals surface area (Å²) >= 11 is 1.54. The lowest BCUT2D eigenvalue weighted by molar-refractivity contribution is -0.118. The Hall–Kier alpha value is -1.81. The smallest absolute Gasteiger partial charge is 0.230 e. The van der Waals surface area contributed by atoms with E-state index in [9.17, 15) is 9.18 Å². The summed E-state index contributed by atoms with van der Waals surface area (Å²) < 4.78 is 12.8. The minimum atomic E-state index is -0.233. The molecule has 0 radical (unpaired) electrons. The zero-order valence-corrected chi connectivity index (χ0v) is 15.0. The van der Waals surface area contributed by atoms with Crippen molar-refractivity contribution in [2.45, 2.75) is 31.9 Å². The monoisotopic (exact) mass is 345 g/mol. The SMILES string of the molecule is CC(C)c1ccc(CCNC(=O)CSCc2ccc(F)cc2)cc1. The van der Waals surface area contributed by atoms with Crippen LogP contribution in [-0.4, -0.2) is 18.2 Å². The minimum absolute atomic E-state index is 0.0425.